The topological polar surface area (TPSA) is 76.0 Å². The lowest BCUT2D eigenvalue weighted by Gasteiger charge is -2.27. The van der Waals surface area contributed by atoms with E-state index < -0.39 is 11.4 Å². The Morgan fingerprint density at radius 1 is 1.30 bits per heavy atom. The molecule has 1 aliphatic carbocycles. The van der Waals surface area contributed by atoms with Crippen molar-refractivity contribution in [3.8, 4) is 17.2 Å². The Labute approximate surface area is 122 Å². The van der Waals surface area contributed by atoms with E-state index in [4.69, 9.17) is 21.1 Å². The van der Waals surface area contributed by atoms with Crippen molar-refractivity contribution in [2.75, 3.05) is 14.2 Å². The monoisotopic (exact) mass is 300 g/mol. The number of hydrogen-bond donors (Lipinski definition) is 2. The van der Waals surface area contributed by atoms with Crippen LogP contribution in [0.15, 0.2) is 6.07 Å². The average molecular weight is 301 g/mol. The first-order chi connectivity index (χ1) is 9.47. The fourth-order valence-corrected chi connectivity index (χ4v) is 3.15. The Morgan fingerprint density at radius 3 is 2.35 bits per heavy atom. The summed E-state index contributed by atoms with van der Waals surface area (Å²) < 4.78 is 10.3. The molecule has 110 valence electrons. The zero-order chi connectivity index (χ0) is 14.9. The highest BCUT2D eigenvalue weighted by atomic mass is 35.5. The van der Waals surface area contributed by atoms with Crippen molar-refractivity contribution in [1.29, 1.82) is 0 Å². The van der Waals surface area contributed by atoms with Crippen molar-refractivity contribution >= 4 is 17.6 Å². The van der Waals surface area contributed by atoms with E-state index in [2.05, 4.69) is 0 Å². The number of aromatic hydroxyl groups is 1. The molecule has 0 aromatic heterocycles. The van der Waals surface area contributed by atoms with E-state index in [-0.39, 0.29) is 16.5 Å². The number of phenols is 1. The van der Waals surface area contributed by atoms with Gasteiger partial charge < -0.3 is 19.7 Å². The number of carboxylic acids is 1. The van der Waals surface area contributed by atoms with E-state index in [0.717, 1.165) is 12.8 Å². The van der Waals surface area contributed by atoms with Gasteiger partial charge in [-0.25, -0.2) is 0 Å². The third kappa shape index (κ3) is 2.06. The highest BCUT2D eigenvalue weighted by Gasteiger charge is 2.46. The SMILES string of the molecule is COc1cc(C2(C(=O)O)CCCC2)c(O)c(Cl)c1OC. The van der Waals surface area contributed by atoms with Crippen molar-refractivity contribution in [2.45, 2.75) is 31.1 Å². The molecule has 0 amide bonds. The molecule has 5 nitrogen and oxygen atoms in total. The molecule has 6 heteroatoms. The van der Waals surface area contributed by atoms with E-state index in [1.807, 2.05) is 0 Å². The first kappa shape index (κ1) is 14.8. The summed E-state index contributed by atoms with van der Waals surface area (Å²) in [6, 6.07) is 1.51. The molecule has 0 unspecified atom stereocenters. The fourth-order valence-electron chi connectivity index (χ4n) is 2.88. The van der Waals surface area contributed by atoms with E-state index in [1.165, 1.54) is 20.3 Å². The summed E-state index contributed by atoms with van der Waals surface area (Å²) in [7, 11) is 2.85. The van der Waals surface area contributed by atoms with Crippen LogP contribution in [0.1, 0.15) is 31.2 Å². The fraction of sp³-hybridized carbons (Fsp3) is 0.500. The number of ether oxygens (including phenoxy) is 2. The minimum absolute atomic E-state index is 0.0191. The van der Waals surface area contributed by atoms with Crippen LogP contribution in [0.4, 0.5) is 0 Å². The average Bonchev–Trinajstić information content (AvgIpc) is 2.92. The Kier molecular flexibility index (Phi) is 3.99. The molecule has 0 atom stereocenters. The van der Waals surface area contributed by atoms with Gasteiger partial charge in [-0.2, -0.15) is 0 Å². The lowest BCUT2D eigenvalue weighted by Crippen LogP contribution is -2.32. The van der Waals surface area contributed by atoms with E-state index in [0.29, 0.717) is 24.2 Å². The maximum absolute atomic E-state index is 11.7. The van der Waals surface area contributed by atoms with Gasteiger partial charge in [0.15, 0.2) is 11.5 Å². The lowest BCUT2D eigenvalue weighted by atomic mass is 9.78. The van der Waals surface area contributed by atoms with Crippen LogP contribution in [-0.4, -0.2) is 30.4 Å². The number of hydrogen-bond acceptors (Lipinski definition) is 4. The molecule has 1 aromatic rings. The molecule has 0 heterocycles. The number of halogens is 1. The highest BCUT2D eigenvalue weighted by Crippen LogP contribution is 2.51. The second-order valence-corrected chi connectivity index (χ2v) is 5.29. The van der Waals surface area contributed by atoms with Crippen molar-refractivity contribution in [2.24, 2.45) is 0 Å². The molecular formula is C14H17ClO5. The predicted octanol–water partition coefficient (Wildman–Crippen LogP) is 2.96. The van der Waals surface area contributed by atoms with E-state index in [9.17, 15) is 15.0 Å². The summed E-state index contributed by atoms with van der Waals surface area (Å²) in [4.78, 5) is 11.7. The molecule has 1 fully saturated rings. The number of rotatable bonds is 4. The minimum Gasteiger partial charge on any atom is -0.506 e. The Morgan fingerprint density at radius 2 is 1.90 bits per heavy atom. The van der Waals surface area contributed by atoms with Crippen LogP contribution in [0.25, 0.3) is 0 Å². The van der Waals surface area contributed by atoms with Gasteiger partial charge in [-0.15, -0.1) is 0 Å². The molecule has 0 bridgehead atoms. The summed E-state index contributed by atoms with van der Waals surface area (Å²) in [5.74, 6) is -0.672. The second kappa shape index (κ2) is 5.40. The van der Waals surface area contributed by atoms with Gasteiger partial charge in [0.05, 0.1) is 19.6 Å². The van der Waals surface area contributed by atoms with Gasteiger partial charge in [0.2, 0.25) is 0 Å². The van der Waals surface area contributed by atoms with Crippen LogP contribution in [0, 0.1) is 0 Å². The number of carbonyl (C=O) groups is 1. The molecule has 20 heavy (non-hydrogen) atoms. The normalized spacial score (nSPS) is 16.9. The number of aliphatic carboxylic acids is 1. The van der Waals surface area contributed by atoms with Gasteiger partial charge in [0.25, 0.3) is 0 Å². The summed E-state index contributed by atoms with van der Waals surface area (Å²) in [6.07, 6.45) is 2.55. The van der Waals surface area contributed by atoms with Gasteiger partial charge in [0, 0.05) is 5.56 Å². The quantitative estimate of drug-likeness (QED) is 0.894. The summed E-state index contributed by atoms with van der Waals surface area (Å²) >= 11 is 6.08. The maximum Gasteiger partial charge on any atom is 0.314 e. The van der Waals surface area contributed by atoms with Crippen LogP contribution in [0.3, 0.4) is 0 Å². The van der Waals surface area contributed by atoms with Crippen molar-refractivity contribution in [3.63, 3.8) is 0 Å². The molecule has 1 aliphatic rings. The van der Waals surface area contributed by atoms with Gasteiger partial charge in [-0.1, -0.05) is 24.4 Å². The van der Waals surface area contributed by atoms with Crippen LogP contribution >= 0.6 is 11.6 Å². The summed E-state index contributed by atoms with van der Waals surface area (Å²) in [5, 5.41) is 19.9. The van der Waals surface area contributed by atoms with Crippen LogP contribution < -0.4 is 9.47 Å². The number of carboxylic acid groups (broad SMARTS) is 1. The van der Waals surface area contributed by atoms with E-state index >= 15 is 0 Å². The van der Waals surface area contributed by atoms with E-state index in [1.54, 1.807) is 0 Å². The first-order valence-electron chi connectivity index (χ1n) is 6.35. The third-order valence-electron chi connectivity index (χ3n) is 3.97. The molecule has 1 saturated carbocycles. The third-order valence-corrected chi connectivity index (χ3v) is 4.32. The number of methoxy groups -OCH3 is 2. The smallest absolute Gasteiger partial charge is 0.314 e. The van der Waals surface area contributed by atoms with Gasteiger partial charge in [-0.05, 0) is 18.9 Å². The largest absolute Gasteiger partial charge is 0.506 e. The van der Waals surface area contributed by atoms with Gasteiger partial charge >= 0.3 is 5.97 Å². The van der Waals surface area contributed by atoms with Crippen molar-refractivity contribution in [3.05, 3.63) is 16.7 Å². The Balaban J connectivity index is 2.68. The zero-order valence-corrected chi connectivity index (χ0v) is 12.2. The lowest BCUT2D eigenvalue weighted by molar-refractivity contribution is -0.143. The maximum atomic E-state index is 11.7. The summed E-state index contributed by atoms with van der Waals surface area (Å²) in [5.41, 5.74) is -0.807. The standard InChI is InChI=1S/C14H17ClO5/c1-19-9-7-8(11(16)10(15)12(9)20-2)14(13(17)18)5-3-4-6-14/h7,16H,3-6H2,1-2H3,(H,17,18). The number of benzene rings is 1. The number of phenolic OH excluding ortho intramolecular Hbond substituents is 1. The molecule has 0 spiro atoms. The van der Waals surface area contributed by atoms with Crippen molar-refractivity contribution < 1.29 is 24.5 Å². The molecule has 0 radical (unpaired) electrons. The Hall–Kier alpha value is -1.62. The molecule has 0 saturated heterocycles. The van der Waals surface area contributed by atoms with Crippen LogP contribution in [0.5, 0.6) is 17.2 Å². The molecule has 2 N–H and O–H groups in total. The van der Waals surface area contributed by atoms with Crippen LogP contribution in [-0.2, 0) is 10.2 Å². The van der Waals surface area contributed by atoms with Gasteiger partial charge in [-0.3, -0.25) is 4.79 Å². The molecule has 1 aromatic carbocycles. The van der Waals surface area contributed by atoms with Gasteiger partial charge in [0.1, 0.15) is 10.8 Å². The predicted molar refractivity (Wildman–Crippen MR) is 74.0 cm³/mol. The zero-order valence-electron chi connectivity index (χ0n) is 11.4. The minimum atomic E-state index is -1.10. The molecule has 0 aliphatic heterocycles. The van der Waals surface area contributed by atoms with Crippen LogP contribution in [0.2, 0.25) is 5.02 Å². The summed E-state index contributed by atoms with van der Waals surface area (Å²) in [6.45, 7) is 0. The van der Waals surface area contributed by atoms with Crippen molar-refractivity contribution in [1.82, 2.24) is 0 Å². The molecule has 2 rings (SSSR count). The Bertz CT molecular complexity index is 535. The first-order valence-corrected chi connectivity index (χ1v) is 6.73. The molecular weight excluding hydrogens is 284 g/mol. The second-order valence-electron chi connectivity index (χ2n) is 4.92. The highest BCUT2D eigenvalue weighted by molar-refractivity contribution is 6.34.